The van der Waals surface area contributed by atoms with Crippen LogP contribution in [0.4, 0.5) is 0 Å². The smallest absolute Gasteiger partial charge is 0.141 e. The lowest BCUT2D eigenvalue weighted by atomic mass is 10.4. The number of nitrogens with two attached hydrogens (primary N) is 1. The van der Waals surface area contributed by atoms with Crippen molar-refractivity contribution in [2.24, 2.45) is 5.73 Å². The number of hydrogen-bond acceptors (Lipinski definition) is 4. The molecule has 0 aliphatic heterocycles. The van der Waals surface area contributed by atoms with E-state index in [1.807, 2.05) is 16.6 Å². The molecule has 0 spiro atoms. The average molecular weight is 227 g/mol. The van der Waals surface area contributed by atoms with Gasteiger partial charge in [0, 0.05) is 12.6 Å². The van der Waals surface area contributed by atoms with E-state index in [0.717, 1.165) is 5.82 Å². The zero-order valence-electron chi connectivity index (χ0n) is 9.34. The molecule has 15 heavy (non-hydrogen) atoms. The van der Waals surface area contributed by atoms with Crippen molar-refractivity contribution in [1.29, 1.82) is 0 Å². The summed E-state index contributed by atoms with van der Waals surface area (Å²) in [6.07, 6.45) is 1.57. The predicted molar refractivity (Wildman–Crippen MR) is 63.5 cm³/mol. The van der Waals surface area contributed by atoms with Gasteiger partial charge >= 0.3 is 0 Å². The van der Waals surface area contributed by atoms with E-state index >= 15 is 0 Å². The molecular weight excluding hydrogens is 210 g/mol. The van der Waals surface area contributed by atoms with Crippen molar-refractivity contribution in [2.75, 3.05) is 13.6 Å². The lowest BCUT2D eigenvalue weighted by Gasteiger charge is -2.16. The maximum Gasteiger partial charge on any atom is 0.141 e. The van der Waals surface area contributed by atoms with Gasteiger partial charge in [-0.1, -0.05) is 12.2 Å². The molecule has 0 radical (unpaired) electrons. The Kier molecular flexibility index (Phi) is 4.16. The van der Waals surface area contributed by atoms with Crippen LogP contribution in [0.25, 0.3) is 0 Å². The second kappa shape index (κ2) is 5.18. The molecule has 6 heteroatoms. The van der Waals surface area contributed by atoms with E-state index < -0.39 is 0 Å². The normalized spacial score (nSPS) is 11.3. The first kappa shape index (κ1) is 12.1. The van der Waals surface area contributed by atoms with Crippen LogP contribution < -0.4 is 5.73 Å². The third kappa shape index (κ3) is 3.56. The first-order chi connectivity index (χ1) is 7.00. The van der Waals surface area contributed by atoms with Gasteiger partial charge in [-0.2, -0.15) is 5.10 Å². The van der Waals surface area contributed by atoms with Gasteiger partial charge in [-0.25, -0.2) is 9.67 Å². The molecular formula is C9H17N5S. The summed E-state index contributed by atoms with van der Waals surface area (Å²) < 4.78 is 1.90. The van der Waals surface area contributed by atoms with Gasteiger partial charge in [0.1, 0.15) is 12.2 Å². The Morgan fingerprint density at radius 2 is 2.33 bits per heavy atom. The minimum Gasteiger partial charge on any atom is -0.392 e. The van der Waals surface area contributed by atoms with Crippen LogP contribution in [0.15, 0.2) is 6.33 Å². The maximum absolute atomic E-state index is 5.47. The Bertz CT molecular complexity index is 333. The van der Waals surface area contributed by atoms with E-state index in [0.29, 0.717) is 24.1 Å². The molecule has 2 N–H and O–H groups in total. The van der Waals surface area contributed by atoms with Gasteiger partial charge in [0.25, 0.3) is 0 Å². The van der Waals surface area contributed by atoms with Crippen LogP contribution in [0.2, 0.25) is 0 Å². The number of aromatic nitrogens is 3. The largest absolute Gasteiger partial charge is 0.392 e. The Hall–Kier alpha value is -1.01. The van der Waals surface area contributed by atoms with Crippen molar-refractivity contribution in [2.45, 2.75) is 26.4 Å². The number of thiocarbonyl (C=S) groups is 1. The van der Waals surface area contributed by atoms with Crippen LogP contribution in [0, 0.1) is 0 Å². The van der Waals surface area contributed by atoms with Gasteiger partial charge in [-0.15, -0.1) is 0 Å². The van der Waals surface area contributed by atoms with Crippen LogP contribution >= 0.6 is 12.2 Å². The first-order valence-electron chi connectivity index (χ1n) is 4.86. The zero-order chi connectivity index (χ0) is 11.4. The molecule has 0 atom stereocenters. The summed E-state index contributed by atoms with van der Waals surface area (Å²) in [5.41, 5.74) is 5.47. The standard InChI is InChI=1S/C9H17N5S/c1-7(2)14-9(11-6-12-14)5-13(3)4-8(10)15/h6-7H,4-5H2,1-3H3,(H2,10,15). The summed E-state index contributed by atoms with van der Waals surface area (Å²) in [6, 6.07) is 0.320. The molecule has 0 amide bonds. The Morgan fingerprint density at radius 3 is 2.87 bits per heavy atom. The molecule has 1 rings (SSSR count). The Morgan fingerprint density at radius 1 is 1.67 bits per heavy atom. The molecule has 0 saturated heterocycles. The van der Waals surface area contributed by atoms with Gasteiger partial charge in [-0.05, 0) is 20.9 Å². The maximum atomic E-state index is 5.47. The number of hydrogen-bond donors (Lipinski definition) is 1. The molecule has 5 nitrogen and oxygen atoms in total. The van der Waals surface area contributed by atoms with Gasteiger partial charge < -0.3 is 5.73 Å². The summed E-state index contributed by atoms with van der Waals surface area (Å²) in [4.78, 5) is 6.72. The van der Waals surface area contributed by atoms with E-state index in [1.54, 1.807) is 6.33 Å². The van der Waals surface area contributed by atoms with Crippen LogP contribution in [0.5, 0.6) is 0 Å². The van der Waals surface area contributed by atoms with Crippen LogP contribution in [0.3, 0.4) is 0 Å². The van der Waals surface area contributed by atoms with E-state index in [2.05, 4.69) is 23.9 Å². The number of rotatable bonds is 5. The lowest BCUT2D eigenvalue weighted by Crippen LogP contribution is -2.30. The average Bonchev–Trinajstić information content (AvgIpc) is 2.50. The highest BCUT2D eigenvalue weighted by Gasteiger charge is 2.10. The van der Waals surface area contributed by atoms with Crippen molar-refractivity contribution in [3.8, 4) is 0 Å². The molecule has 0 aliphatic rings. The van der Waals surface area contributed by atoms with Crippen molar-refractivity contribution in [1.82, 2.24) is 19.7 Å². The van der Waals surface area contributed by atoms with Gasteiger partial charge in [-0.3, -0.25) is 4.90 Å². The molecule has 0 unspecified atom stereocenters. The fourth-order valence-electron chi connectivity index (χ4n) is 1.38. The summed E-state index contributed by atoms with van der Waals surface area (Å²) in [5, 5.41) is 4.16. The monoisotopic (exact) mass is 227 g/mol. The van der Waals surface area contributed by atoms with Crippen molar-refractivity contribution >= 4 is 17.2 Å². The third-order valence-corrected chi connectivity index (χ3v) is 2.10. The molecule has 1 aromatic heterocycles. The van der Waals surface area contributed by atoms with E-state index in [4.69, 9.17) is 18.0 Å². The second-order valence-electron chi connectivity index (χ2n) is 3.85. The highest BCUT2D eigenvalue weighted by molar-refractivity contribution is 7.80. The quantitative estimate of drug-likeness (QED) is 0.746. The van der Waals surface area contributed by atoms with E-state index in [1.165, 1.54) is 0 Å². The second-order valence-corrected chi connectivity index (χ2v) is 4.38. The third-order valence-electron chi connectivity index (χ3n) is 1.97. The fraction of sp³-hybridized carbons (Fsp3) is 0.667. The van der Waals surface area contributed by atoms with E-state index in [-0.39, 0.29) is 0 Å². The summed E-state index contributed by atoms with van der Waals surface area (Å²) in [5.74, 6) is 0.934. The molecule has 0 fully saturated rings. The molecule has 0 saturated carbocycles. The predicted octanol–water partition coefficient (Wildman–Crippen LogP) is 0.577. The minimum atomic E-state index is 0.320. The molecule has 84 valence electrons. The zero-order valence-corrected chi connectivity index (χ0v) is 10.2. The van der Waals surface area contributed by atoms with Crippen LogP contribution in [0.1, 0.15) is 25.7 Å². The SMILES string of the molecule is CC(C)n1ncnc1CN(C)CC(N)=S. The summed E-state index contributed by atoms with van der Waals surface area (Å²) >= 11 is 4.85. The minimum absolute atomic E-state index is 0.320. The van der Waals surface area contributed by atoms with Crippen LogP contribution in [-0.2, 0) is 6.54 Å². The highest BCUT2D eigenvalue weighted by atomic mass is 32.1. The Labute approximate surface area is 95.3 Å². The fourth-order valence-corrected chi connectivity index (χ4v) is 1.60. The molecule has 0 aromatic carbocycles. The summed E-state index contributed by atoms with van der Waals surface area (Å²) in [7, 11) is 1.96. The van der Waals surface area contributed by atoms with Gasteiger partial charge in [0.2, 0.25) is 0 Å². The molecule has 0 aliphatic carbocycles. The number of nitrogens with zero attached hydrogens (tertiary/aromatic N) is 4. The first-order valence-corrected chi connectivity index (χ1v) is 5.26. The van der Waals surface area contributed by atoms with Gasteiger partial charge in [0.15, 0.2) is 0 Å². The Balaban J connectivity index is 2.63. The van der Waals surface area contributed by atoms with Crippen molar-refractivity contribution in [3.05, 3.63) is 12.2 Å². The lowest BCUT2D eigenvalue weighted by molar-refractivity contribution is 0.345. The van der Waals surface area contributed by atoms with Crippen molar-refractivity contribution in [3.63, 3.8) is 0 Å². The molecule has 1 heterocycles. The van der Waals surface area contributed by atoms with Crippen LogP contribution in [-0.4, -0.2) is 38.2 Å². The number of likely N-dealkylation sites (N-methyl/N-ethyl adjacent to an activating group) is 1. The van der Waals surface area contributed by atoms with E-state index in [9.17, 15) is 0 Å². The van der Waals surface area contributed by atoms with Crippen molar-refractivity contribution < 1.29 is 0 Å². The van der Waals surface area contributed by atoms with Gasteiger partial charge in [0.05, 0.1) is 11.5 Å². The molecule has 0 bridgehead atoms. The summed E-state index contributed by atoms with van der Waals surface area (Å²) in [6.45, 7) is 5.45. The highest BCUT2D eigenvalue weighted by Crippen LogP contribution is 2.06. The topological polar surface area (TPSA) is 60.0 Å². The molecule has 1 aromatic rings.